The number of cyclic esters (lactones) is 2. The van der Waals surface area contributed by atoms with Gasteiger partial charge in [0.15, 0.2) is 5.92 Å². The van der Waals surface area contributed by atoms with Crippen molar-refractivity contribution >= 4 is 11.9 Å². The molecule has 0 bridgehead atoms. The summed E-state index contributed by atoms with van der Waals surface area (Å²) in [6, 6.07) is 18.2. The predicted octanol–water partition coefficient (Wildman–Crippen LogP) is 3.95. The number of carbonyl (C=O) groups excluding carboxylic acids is 2. The molecule has 200 valence electrons. The summed E-state index contributed by atoms with van der Waals surface area (Å²) in [6.45, 7) is 6.87. The van der Waals surface area contributed by atoms with Gasteiger partial charge in [0, 0.05) is 40.1 Å². The number of hydrogen-bond acceptors (Lipinski definition) is 8. The van der Waals surface area contributed by atoms with E-state index >= 15 is 0 Å². The molecule has 1 fully saturated rings. The normalized spacial score (nSPS) is 15.9. The Labute approximate surface area is 225 Å². The van der Waals surface area contributed by atoms with Gasteiger partial charge in [-0.2, -0.15) is 0 Å². The van der Waals surface area contributed by atoms with Crippen LogP contribution in [-0.2, 0) is 25.6 Å². The second-order valence-electron chi connectivity index (χ2n) is 9.80. The predicted molar refractivity (Wildman–Crippen MR) is 139 cm³/mol. The molecule has 10 nitrogen and oxygen atoms in total. The zero-order valence-electron chi connectivity index (χ0n) is 22.0. The molecule has 39 heavy (non-hydrogen) atoms. The highest BCUT2D eigenvalue weighted by Gasteiger charge is 2.52. The Morgan fingerprint density at radius 3 is 2.33 bits per heavy atom. The van der Waals surface area contributed by atoms with Crippen molar-refractivity contribution in [3.05, 3.63) is 107 Å². The number of carbonyl (C=O) groups is 2. The van der Waals surface area contributed by atoms with Gasteiger partial charge in [0.2, 0.25) is 0 Å². The smallest absolute Gasteiger partial charge is 0.324 e. The summed E-state index contributed by atoms with van der Waals surface area (Å²) in [5.41, 5.74) is 2.59. The largest absolute Gasteiger partial charge is 0.711 e. The van der Waals surface area contributed by atoms with E-state index in [-0.39, 0.29) is 11.8 Å². The van der Waals surface area contributed by atoms with Crippen LogP contribution in [0.25, 0.3) is 0 Å². The summed E-state index contributed by atoms with van der Waals surface area (Å²) in [5, 5.41) is 13.7. The molecule has 0 spiro atoms. The molecule has 0 aliphatic carbocycles. The molecular weight excluding hydrogens is 500 g/mol. The minimum Gasteiger partial charge on any atom is -0.711 e. The first-order chi connectivity index (χ1) is 18.6. The quantitative estimate of drug-likeness (QED) is 0.153. The number of aromatic nitrogens is 4. The average Bonchev–Trinajstić information content (AvgIpc) is 3.10. The number of hydrogen-bond donors (Lipinski definition) is 0. The summed E-state index contributed by atoms with van der Waals surface area (Å²) in [5.74, 6) is -4.87. The van der Waals surface area contributed by atoms with Gasteiger partial charge in [-0.25, -0.2) is 19.3 Å². The van der Waals surface area contributed by atoms with Crippen molar-refractivity contribution in [2.45, 2.75) is 45.9 Å². The Balaban J connectivity index is 1.67. The summed E-state index contributed by atoms with van der Waals surface area (Å²) in [7, 11) is 0. The van der Waals surface area contributed by atoms with Crippen LogP contribution in [0.15, 0.2) is 73.1 Å². The second-order valence-corrected chi connectivity index (χ2v) is 9.80. The molecule has 3 heterocycles. The van der Waals surface area contributed by atoms with Crippen LogP contribution in [0.2, 0.25) is 0 Å². The number of imidazole rings is 1. The standard InChI is InChI=1S/C29H28N4O6/c1-18-19(2)33(36)25(32(18)17-20-10-6-5-7-11-20)23(24-26(34)38-29(3,4)39-27(24)35)21-12-8-13-22(16-21)37-28-30-14-9-15-31-28/h5-16,23-24H,17H2,1-4H3/t23-/m1/s1. The monoisotopic (exact) mass is 528 g/mol. The van der Waals surface area contributed by atoms with Gasteiger partial charge in [-0.3, -0.25) is 9.59 Å². The molecule has 0 radical (unpaired) electrons. The van der Waals surface area contributed by atoms with Crippen LogP contribution >= 0.6 is 0 Å². The summed E-state index contributed by atoms with van der Waals surface area (Å²) in [6.07, 6.45) is 3.10. The van der Waals surface area contributed by atoms with Crippen LogP contribution in [0, 0.1) is 25.0 Å². The molecular formula is C29H28N4O6. The highest BCUT2D eigenvalue weighted by molar-refractivity contribution is 5.98. The molecule has 4 aromatic rings. The lowest BCUT2D eigenvalue weighted by Crippen LogP contribution is -2.50. The SMILES string of the molecule is Cc1c(C)[n+]([O-])c([C@H](c2cccc(Oc3ncccn3)c2)C2C(=O)OC(C)(C)OC2=O)n1Cc1ccccc1. The van der Waals surface area contributed by atoms with E-state index in [0.29, 0.717) is 29.2 Å². The van der Waals surface area contributed by atoms with E-state index in [9.17, 15) is 14.8 Å². The van der Waals surface area contributed by atoms with Crippen LogP contribution < -0.4 is 9.47 Å². The fourth-order valence-corrected chi connectivity index (χ4v) is 4.76. The van der Waals surface area contributed by atoms with Crippen molar-refractivity contribution in [1.82, 2.24) is 14.5 Å². The first-order valence-electron chi connectivity index (χ1n) is 12.5. The third-order valence-electron chi connectivity index (χ3n) is 6.68. The molecule has 5 rings (SSSR count). The molecule has 1 aliphatic heterocycles. The Hall–Kier alpha value is -4.73. The van der Waals surface area contributed by atoms with E-state index in [1.165, 1.54) is 13.8 Å². The van der Waals surface area contributed by atoms with Crippen molar-refractivity contribution in [2.24, 2.45) is 5.92 Å². The zero-order valence-corrected chi connectivity index (χ0v) is 22.0. The van der Waals surface area contributed by atoms with Gasteiger partial charge >= 0.3 is 17.9 Å². The Morgan fingerprint density at radius 2 is 1.67 bits per heavy atom. The number of esters is 2. The van der Waals surface area contributed by atoms with Gasteiger partial charge in [0.1, 0.15) is 29.6 Å². The Kier molecular flexibility index (Phi) is 6.78. The fourth-order valence-electron chi connectivity index (χ4n) is 4.76. The molecule has 1 aliphatic rings. The second kappa shape index (κ2) is 10.2. The van der Waals surface area contributed by atoms with E-state index in [1.54, 1.807) is 49.6 Å². The number of rotatable bonds is 7. The van der Waals surface area contributed by atoms with Crippen molar-refractivity contribution < 1.29 is 28.5 Å². The topological polar surface area (TPSA) is 119 Å². The molecule has 10 heteroatoms. The van der Waals surface area contributed by atoms with Gasteiger partial charge in [0.25, 0.3) is 11.6 Å². The molecule has 2 aromatic carbocycles. The van der Waals surface area contributed by atoms with Crippen LogP contribution in [0.5, 0.6) is 11.8 Å². The highest BCUT2D eigenvalue weighted by Crippen LogP contribution is 2.39. The van der Waals surface area contributed by atoms with Gasteiger partial charge in [-0.05, 0) is 29.3 Å². The van der Waals surface area contributed by atoms with E-state index in [0.717, 1.165) is 10.3 Å². The summed E-state index contributed by atoms with van der Waals surface area (Å²) in [4.78, 5) is 34.9. The Morgan fingerprint density at radius 1 is 1.00 bits per heavy atom. The fraction of sp³-hybridized carbons (Fsp3) is 0.276. The van der Waals surface area contributed by atoms with Crippen molar-refractivity contribution in [2.75, 3.05) is 0 Å². The van der Waals surface area contributed by atoms with E-state index in [4.69, 9.17) is 14.2 Å². The number of benzene rings is 2. The molecule has 0 unspecified atom stereocenters. The summed E-state index contributed by atoms with van der Waals surface area (Å²) >= 11 is 0. The van der Waals surface area contributed by atoms with E-state index < -0.39 is 29.6 Å². The maximum Gasteiger partial charge on any atom is 0.324 e. The minimum absolute atomic E-state index is 0.127. The lowest BCUT2D eigenvalue weighted by atomic mass is 9.84. The van der Waals surface area contributed by atoms with Crippen molar-refractivity contribution in [1.29, 1.82) is 0 Å². The lowest BCUT2D eigenvalue weighted by Gasteiger charge is -2.35. The van der Waals surface area contributed by atoms with Gasteiger partial charge in [-0.15, -0.1) is 0 Å². The van der Waals surface area contributed by atoms with Crippen LogP contribution in [-0.4, -0.2) is 32.3 Å². The van der Waals surface area contributed by atoms with Crippen LogP contribution in [0.1, 0.15) is 48.1 Å². The maximum absolute atomic E-state index is 13.7. The van der Waals surface area contributed by atoms with Gasteiger partial charge in [-0.1, -0.05) is 42.5 Å². The maximum atomic E-state index is 13.7. The molecule has 0 N–H and O–H groups in total. The minimum atomic E-state index is -1.43. The third-order valence-corrected chi connectivity index (χ3v) is 6.68. The molecule has 0 saturated carbocycles. The van der Waals surface area contributed by atoms with Gasteiger partial charge < -0.3 is 19.4 Å². The van der Waals surface area contributed by atoms with Gasteiger partial charge in [0.05, 0.1) is 0 Å². The zero-order chi connectivity index (χ0) is 27.7. The third kappa shape index (κ3) is 5.18. The first-order valence-corrected chi connectivity index (χ1v) is 12.5. The van der Waals surface area contributed by atoms with Crippen LogP contribution in [0.3, 0.4) is 0 Å². The number of ether oxygens (including phenoxy) is 3. The van der Waals surface area contributed by atoms with Crippen molar-refractivity contribution in [3.63, 3.8) is 0 Å². The molecule has 1 atom stereocenters. The van der Waals surface area contributed by atoms with E-state index in [2.05, 4.69) is 9.97 Å². The molecule has 2 aromatic heterocycles. The van der Waals surface area contributed by atoms with E-state index in [1.807, 2.05) is 41.8 Å². The first kappa shape index (κ1) is 25.9. The average molecular weight is 529 g/mol. The number of nitrogens with zero attached hydrogens (tertiary/aromatic N) is 4. The van der Waals surface area contributed by atoms with Crippen molar-refractivity contribution in [3.8, 4) is 11.8 Å². The Bertz CT molecular complexity index is 1500. The molecule has 0 amide bonds. The summed E-state index contributed by atoms with van der Waals surface area (Å²) < 4.78 is 19.4. The highest BCUT2D eigenvalue weighted by atomic mass is 16.7. The lowest BCUT2D eigenvalue weighted by molar-refractivity contribution is -0.621. The molecule has 1 saturated heterocycles. The van der Waals surface area contributed by atoms with Crippen LogP contribution in [0.4, 0.5) is 0 Å².